The second-order valence-corrected chi connectivity index (χ2v) is 6.66. The van der Waals surface area contributed by atoms with Crippen LogP contribution in [0.25, 0.3) is 0 Å². The van der Waals surface area contributed by atoms with Gasteiger partial charge in [0.25, 0.3) is 5.91 Å². The molecule has 2 N–H and O–H groups in total. The Kier molecular flexibility index (Phi) is 4.35. The maximum absolute atomic E-state index is 12.3. The summed E-state index contributed by atoms with van der Waals surface area (Å²) in [5, 5.41) is 5.84. The summed E-state index contributed by atoms with van der Waals surface area (Å²) in [5.74, 6) is -0.581. The molecule has 0 fully saturated rings. The molecule has 2 aromatic rings. The minimum atomic E-state index is -0.629. The normalized spacial score (nSPS) is 17.3. The van der Waals surface area contributed by atoms with Crippen LogP contribution in [-0.2, 0) is 11.2 Å². The fraction of sp³-hybridized carbons (Fsp3) is 0.125. The van der Waals surface area contributed by atoms with Crippen LogP contribution in [0.4, 0.5) is 5.69 Å². The van der Waals surface area contributed by atoms with Crippen molar-refractivity contribution in [2.75, 3.05) is 5.32 Å². The van der Waals surface area contributed by atoms with Crippen LogP contribution in [0.15, 0.2) is 42.5 Å². The van der Waals surface area contributed by atoms with Crippen molar-refractivity contribution in [2.45, 2.75) is 12.5 Å². The van der Waals surface area contributed by atoms with E-state index in [1.165, 1.54) is 0 Å². The summed E-state index contributed by atoms with van der Waals surface area (Å²) in [7, 11) is 0. The summed E-state index contributed by atoms with van der Waals surface area (Å²) in [6.07, 6.45) is 0.431. The Morgan fingerprint density at radius 3 is 2.55 bits per heavy atom. The summed E-state index contributed by atoms with van der Waals surface area (Å²) >= 11 is 8.29. The number of amides is 2. The maximum Gasteiger partial charge on any atom is 0.255 e. The van der Waals surface area contributed by atoms with E-state index in [-0.39, 0.29) is 11.8 Å². The standard InChI is InChI=1S/C16H12ClIN2O2/c17-11-2-1-3-12-14(11)16(22)20-13(15(21)19-12)8-9-4-6-10(18)7-5-9/h1-7,13H,8H2,(H,19,21)(H,20,22)/t13-/m1/s1. The number of hydrogen-bond donors (Lipinski definition) is 2. The third-order valence-corrected chi connectivity index (χ3v) is 4.51. The first kappa shape index (κ1) is 15.3. The van der Waals surface area contributed by atoms with E-state index in [4.69, 9.17) is 11.6 Å². The van der Waals surface area contributed by atoms with Gasteiger partial charge in [-0.1, -0.05) is 29.8 Å². The van der Waals surface area contributed by atoms with Crippen LogP contribution >= 0.6 is 34.2 Å². The van der Waals surface area contributed by atoms with E-state index in [0.29, 0.717) is 22.7 Å². The van der Waals surface area contributed by atoms with Gasteiger partial charge >= 0.3 is 0 Å². The van der Waals surface area contributed by atoms with Crippen molar-refractivity contribution < 1.29 is 9.59 Å². The summed E-state index contributed by atoms with van der Waals surface area (Å²) < 4.78 is 1.12. The first-order chi connectivity index (χ1) is 10.5. The minimum absolute atomic E-state index is 0.243. The van der Waals surface area contributed by atoms with Crippen molar-refractivity contribution in [3.05, 3.63) is 62.2 Å². The molecule has 0 spiro atoms. The van der Waals surface area contributed by atoms with Crippen molar-refractivity contribution in [1.29, 1.82) is 0 Å². The SMILES string of the molecule is O=C1N[C@H](Cc2ccc(I)cc2)C(=O)Nc2cccc(Cl)c21. The van der Waals surface area contributed by atoms with Gasteiger partial charge in [-0.25, -0.2) is 0 Å². The van der Waals surface area contributed by atoms with Gasteiger partial charge in [0.05, 0.1) is 16.3 Å². The molecular formula is C16H12ClIN2O2. The summed E-state index contributed by atoms with van der Waals surface area (Å²) in [5.41, 5.74) is 1.74. The largest absolute Gasteiger partial charge is 0.340 e. The molecule has 3 rings (SSSR count). The fourth-order valence-corrected chi connectivity index (χ4v) is 2.99. The molecule has 0 saturated heterocycles. The summed E-state index contributed by atoms with van der Waals surface area (Å²) in [4.78, 5) is 24.7. The molecule has 0 bridgehead atoms. The predicted octanol–water partition coefficient (Wildman–Crippen LogP) is 3.24. The van der Waals surface area contributed by atoms with E-state index < -0.39 is 6.04 Å². The van der Waals surface area contributed by atoms with Crippen molar-refractivity contribution in [1.82, 2.24) is 5.32 Å². The zero-order valence-electron chi connectivity index (χ0n) is 11.4. The topological polar surface area (TPSA) is 58.2 Å². The van der Waals surface area contributed by atoms with Gasteiger partial charge in [0, 0.05) is 9.99 Å². The molecular weight excluding hydrogens is 415 g/mol. The molecule has 2 amide bonds. The highest BCUT2D eigenvalue weighted by atomic mass is 127. The van der Waals surface area contributed by atoms with Gasteiger partial charge in [-0.05, 0) is 52.4 Å². The Labute approximate surface area is 146 Å². The number of carbonyl (C=O) groups excluding carboxylic acids is 2. The molecule has 0 aliphatic carbocycles. The van der Waals surface area contributed by atoms with Crippen molar-refractivity contribution in [2.24, 2.45) is 0 Å². The van der Waals surface area contributed by atoms with Gasteiger partial charge in [-0.2, -0.15) is 0 Å². The Morgan fingerprint density at radius 2 is 1.82 bits per heavy atom. The van der Waals surface area contributed by atoms with Crippen LogP contribution in [0.5, 0.6) is 0 Å². The van der Waals surface area contributed by atoms with Gasteiger partial charge in [-0.15, -0.1) is 0 Å². The second kappa shape index (κ2) is 6.26. The Balaban J connectivity index is 1.87. The monoisotopic (exact) mass is 426 g/mol. The van der Waals surface area contributed by atoms with Crippen LogP contribution in [0.2, 0.25) is 5.02 Å². The first-order valence-corrected chi connectivity index (χ1v) is 8.15. The average molecular weight is 427 g/mol. The first-order valence-electron chi connectivity index (χ1n) is 6.69. The number of anilines is 1. The van der Waals surface area contributed by atoms with Crippen molar-refractivity contribution >= 4 is 51.7 Å². The fourth-order valence-electron chi connectivity index (χ4n) is 2.37. The van der Waals surface area contributed by atoms with Crippen molar-refractivity contribution in [3.8, 4) is 0 Å². The van der Waals surface area contributed by atoms with Crippen LogP contribution in [0, 0.1) is 3.57 Å². The van der Waals surface area contributed by atoms with Crippen LogP contribution in [0.1, 0.15) is 15.9 Å². The van der Waals surface area contributed by atoms with Gasteiger partial charge in [-0.3, -0.25) is 9.59 Å². The molecule has 6 heteroatoms. The molecule has 22 heavy (non-hydrogen) atoms. The lowest BCUT2D eigenvalue weighted by Gasteiger charge is -2.14. The molecule has 1 aliphatic heterocycles. The number of benzene rings is 2. The zero-order chi connectivity index (χ0) is 15.7. The molecule has 2 aromatic carbocycles. The highest BCUT2D eigenvalue weighted by molar-refractivity contribution is 14.1. The number of nitrogens with one attached hydrogen (secondary N) is 2. The molecule has 0 aromatic heterocycles. The Bertz CT molecular complexity index is 746. The highest BCUT2D eigenvalue weighted by Crippen LogP contribution is 2.26. The van der Waals surface area contributed by atoms with E-state index in [1.807, 2.05) is 24.3 Å². The van der Waals surface area contributed by atoms with E-state index in [1.54, 1.807) is 18.2 Å². The molecule has 1 heterocycles. The maximum atomic E-state index is 12.3. The third kappa shape index (κ3) is 3.10. The Hall–Kier alpha value is -1.60. The highest BCUT2D eigenvalue weighted by Gasteiger charge is 2.29. The zero-order valence-corrected chi connectivity index (χ0v) is 14.3. The lowest BCUT2D eigenvalue weighted by atomic mass is 10.1. The molecule has 1 aliphatic rings. The second-order valence-electron chi connectivity index (χ2n) is 5.01. The van der Waals surface area contributed by atoms with Gasteiger partial charge in [0.1, 0.15) is 6.04 Å². The lowest BCUT2D eigenvalue weighted by Crippen LogP contribution is -2.42. The third-order valence-electron chi connectivity index (χ3n) is 3.47. The number of fused-ring (bicyclic) bond motifs is 1. The number of carbonyl (C=O) groups is 2. The van der Waals surface area contributed by atoms with Crippen molar-refractivity contribution in [3.63, 3.8) is 0 Å². The van der Waals surface area contributed by atoms with Gasteiger partial charge in [0.15, 0.2) is 0 Å². The molecule has 112 valence electrons. The number of rotatable bonds is 2. The van der Waals surface area contributed by atoms with E-state index in [9.17, 15) is 9.59 Å². The summed E-state index contributed by atoms with van der Waals surface area (Å²) in [6.45, 7) is 0. The smallest absolute Gasteiger partial charge is 0.255 e. The van der Waals surface area contributed by atoms with Crippen LogP contribution in [-0.4, -0.2) is 17.9 Å². The van der Waals surface area contributed by atoms with E-state index in [2.05, 4.69) is 33.2 Å². The molecule has 1 atom stereocenters. The lowest BCUT2D eigenvalue weighted by molar-refractivity contribution is -0.117. The van der Waals surface area contributed by atoms with Crippen LogP contribution < -0.4 is 10.6 Å². The summed E-state index contributed by atoms with van der Waals surface area (Å²) in [6, 6.07) is 12.2. The average Bonchev–Trinajstić information content (AvgIpc) is 2.59. The number of hydrogen-bond acceptors (Lipinski definition) is 2. The quantitative estimate of drug-likeness (QED) is 0.725. The minimum Gasteiger partial charge on any atom is -0.340 e. The molecule has 0 unspecified atom stereocenters. The molecule has 4 nitrogen and oxygen atoms in total. The van der Waals surface area contributed by atoms with Gasteiger partial charge in [0.2, 0.25) is 5.91 Å². The number of halogens is 2. The van der Waals surface area contributed by atoms with Crippen LogP contribution in [0.3, 0.4) is 0 Å². The Morgan fingerprint density at radius 1 is 1.09 bits per heavy atom. The predicted molar refractivity (Wildman–Crippen MR) is 94.2 cm³/mol. The molecule has 0 saturated carbocycles. The molecule has 0 radical (unpaired) electrons. The van der Waals surface area contributed by atoms with Gasteiger partial charge < -0.3 is 10.6 Å². The van der Waals surface area contributed by atoms with E-state index in [0.717, 1.165) is 9.13 Å². The van der Waals surface area contributed by atoms with E-state index >= 15 is 0 Å².